The molecule has 2 unspecified atom stereocenters. The van der Waals surface area contributed by atoms with E-state index in [4.69, 9.17) is 5.11 Å². The largest absolute Gasteiger partial charge is 0.480 e. The predicted octanol–water partition coefficient (Wildman–Crippen LogP) is 1.68. The van der Waals surface area contributed by atoms with Crippen LogP contribution < -0.4 is 5.32 Å². The van der Waals surface area contributed by atoms with Crippen LogP contribution >= 0.6 is 11.8 Å². The number of carboxylic acids is 1. The molecule has 2 atom stereocenters. The number of hydrogen-bond donors (Lipinski definition) is 2. The molecule has 80 valence electrons. The van der Waals surface area contributed by atoms with Gasteiger partial charge in [-0.05, 0) is 25.7 Å². The number of rotatable bonds is 2. The van der Waals surface area contributed by atoms with Gasteiger partial charge < -0.3 is 5.11 Å². The van der Waals surface area contributed by atoms with Crippen molar-refractivity contribution in [1.29, 1.82) is 0 Å². The van der Waals surface area contributed by atoms with Crippen LogP contribution in [0.2, 0.25) is 0 Å². The average Bonchev–Trinajstić information content (AvgIpc) is 2.71. The van der Waals surface area contributed by atoms with Gasteiger partial charge in [-0.25, -0.2) is 0 Å². The highest BCUT2D eigenvalue weighted by atomic mass is 32.2. The molecule has 0 spiro atoms. The van der Waals surface area contributed by atoms with Crippen LogP contribution in [0.25, 0.3) is 0 Å². The van der Waals surface area contributed by atoms with E-state index in [0.29, 0.717) is 11.7 Å². The number of aliphatic carboxylic acids is 1. The molecule has 1 saturated heterocycles. The first kappa shape index (κ1) is 10.3. The maximum Gasteiger partial charge on any atom is 0.321 e. The van der Waals surface area contributed by atoms with Gasteiger partial charge in [0.15, 0.2) is 0 Å². The fraction of sp³-hybridized carbons (Fsp3) is 0.900. The van der Waals surface area contributed by atoms with Gasteiger partial charge in [0.05, 0.1) is 4.87 Å². The quantitative estimate of drug-likeness (QED) is 0.736. The normalized spacial score (nSPS) is 39.1. The standard InChI is InChI=1S/C10H17NO2S/c1-10(7-4-2-3-5-7)11-8(6-14-10)9(12)13/h7-8,11H,2-6H2,1H3,(H,12,13). The van der Waals surface area contributed by atoms with Crippen LogP contribution in [-0.4, -0.2) is 27.7 Å². The highest BCUT2D eigenvalue weighted by molar-refractivity contribution is 8.00. The van der Waals surface area contributed by atoms with Gasteiger partial charge in [0, 0.05) is 5.75 Å². The van der Waals surface area contributed by atoms with Crippen molar-refractivity contribution in [1.82, 2.24) is 5.32 Å². The summed E-state index contributed by atoms with van der Waals surface area (Å²) in [5.74, 6) is 0.665. The van der Waals surface area contributed by atoms with Crippen LogP contribution in [-0.2, 0) is 4.79 Å². The van der Waals surface area contributed by atoms with Crippen molar-refractivity contribution in [2.24, 2.45) is 5.92 Å². The number of hydrogen-bond acceptors (Lipinski definition) is 3. The van der Waals surface area contributed by atoms with Crippen molar-refractivity contribution < 1.29 is 9.90 Å². The second-order valence-corrected chi connectivity index (χ2v) is 5.90. The molecule has 2 rings (SSSR count). The summed E-state index contributed by atoms with van der Waals surface area (Å²) >= 11 is 1.79. The molecule has 3 nitrogen and oxygen atoms in total. The molecular formula is C10H17NO2S. The zero-order valence-corrected chi connectivity index (χ0v) is 9.27. The van der Waals surface area contributed by atoms with Crippen molar-refractivity contribution in [2.45, 2.75) is 43.5 Å². The van der Waals surface area contributed by atoms with Gasteiger partial charge in [0.2, 0.25) is 0 Å². The summed E-state index contributed by atoms with van der Waals surface area (Å²) in [7, 11) is 0. The lowest BCUT2D eigenvalue weighted by molar-refractivity contribution is -0.139. The molecule has 0 aromatic rings. The van der Waals surface area contributed by atoms with Crippen LogP contribution in [0.1, 0.15) is 32.6 Å². The second-order valence-electron chi connectivity index (χ2n) is 4.43. The van der Waals surface area contributed by atoms with Crippen LogP contribution in [0.15, 0.2) is 0 Å². The molecule has 2 N–H and O–H groups in total. The first-order chi connectivity index (χ1) is 6.62. The Hall–Kier alpha value is -0.220. The molecule has 0 radical (unpaired) electrons. The third kappa shape index (κ3) is 1.77. The third-order valence-corrected chi connectivity index (χ3v) is 4.99. The van der Waals surface area contributed by atoms with E-state index in [-0.39, 0.29) is 10.9 Å². The van der Waals surface area contributed by atoms with Crippen molar-refractivity contribution in [3.63, 3.8) is 0 Å². The molecule has 2 aliphatic rings. The summed E-state index contributed by atoms with van der Waals surface area (Å²) in [4.78, 5) is 10.8. The third-order valence-electron chi connectivity index (χ3n) is 3.44. The van der Waals surface area contributed by atoms with Crippen LogP contribution in [0, 0.1) is 5.92 Å². The Morgan fingerprint density at radius 3 is 2.64 bits per heavy atom. The summed E-state index contributed by atoms with van der Waals surface area (Å²) in [6, 6.07) is -0.342. The minimum atomic E-state index is -0.709. The zero-order valence-electron chi connectivity index (χ0n) is 8.45. The first-order valence-electron chi connectivity index (χ1n) is 5.26. The summed E-state index contributed by atoms with van der Waals surface area (Å²) in [5, 5.41) is 12.2. The van der Waals surface area contributed by atoms with E-state index in [1.165, 1.54) is 25.7 Å². The van der Waals surface area contributed by atoms with Gasteiger partial charge >= 0.3 is 5.97 Å². The topological polar surface area (TPSA) is 49.3 Å². The maximum atomic E-state index is 10.8. The lowest BCUT2D eigenvalue weighted by Crippen LogP contribution is -2.47. The Kier molecular flexibility index (Phi) is 2.75. The number of carbonyl (C=O) groups is 1. The van der Waals surface area contributed by atoms with E-state index < -0.39 is 5.97 Å². The van der Waals surface area contributed by atoms with E-state index in [9.17, 15) is 4.79 Å². The average molecular weight is 215 g/mol. The minimum absolute atomic E-state index is 0.0134. The van der Waals surface area contributed by atoms with Crippen molar-refractivity contribution in [3.05, 3.63) is 0 Å². The van der Waals surface area contributed by atoms with E-state index >= 15 is 0 Å². The lowest BCUT2D eigenvalue weighted by atomic mass is 9.98. The highest BCUT2D eigenvalue weighted by Crippen LogP contribution is 2.44. The zero-order chi connectivity index (χ0) is 10.2. The fourth-order valence-electron chi connectivity index (χ4n) is 2.53. The van der Waals surface area contributed by atoms with Crippen LogP contribution in [0.4, 0.5) is 0 Å². The molecule has 0 bridgehead atoms. The van der Waals surface area contributed by atoms with E-state index in [1.54, 1.807) is 11.8 Å². The maximum absolute atomic E-state index is 10.8. The van der Waals surface area contributed by atoms with Crippen molar-refractivity contribution >= 4 is 17.7 Å². The monoisotopic (exact) mass is 215 g/mol. The minimum Gasteiger partial charge on any atom is -0.480 e. The van der Waals surface area contributed by atoms with Crippen molar-refractivity contribution in [2.75, 3.05) is 5.75 Å². The van der Waals surface area contributed by atoms with Crippen LogP contribution in [0.3, 0.4) is 0 Å². The summed E-state index contributed by atoms with van der Waals surface area (Å²) in [5.41, 5.74) is 0. The molecular weight excluding hydrogens is 198 g/mol. The van der Waals surface area contributed by atoms with Crippen molar-refractivity contribution in [3.8, 4) is 0 Å². The van der Waals surface area contributed by atoms with Gasteiger partial charge in [-0.3, -0.25) is 10.1 Å². The summed E-state index contributed by atoms with van der Waals surface area (Å²) in [6.45, 7) is 2.16. The number of nitrogens with one attached hydrogen (secondary N) is 1. The van der Waals surface area contributed by atoms with E-state index in [0.717, 1.165) is 0 Å². The Labute approximate surface area is 88.6 Å². The van der Waals surface area contributed by atoms with Gasteiger partial charge in [-0.2, -0.15) is 0 Å². The number of thioether (sulfide) groups is 1. The molecule has 1 heterocycles. The smallest absolute Gasteiger partial charge is 0.321 e. The Morgan fingerprint density at radius 1 is 1.50 bits per heavy atom. The Bertz CT molecular complexity index is 240. The highest BCUT2D eigenvalue weighted by Gasteiger charge is 2.44. The van der Waals surface area contributed by atoms with Gasteiger partial charge in [-0.15, -0.1) is 11.8 Å². The molecule has 1 saturated carbocycles. The molecule has 14 heavy (non-hydrogen) atoms. The van der Waals surface area contributed by atoms with Gasteiger partial charge in [-0.1, -0.05) is 12.8 Å². The molecule has 1 aliphatic carbocycles. The SMILES string of the molecule is CC1(C2CCCC2)NC(C(=O)O)CS1. The van der Waals surface area contributed by atoms with E-state index in [2.05, 4.69) is 12.2 Å². The molecule has 0 aromatic heterocycles. The molecule has 0 aromatic carbocycles. The van der Waals surface area contributed by atoms with Gasteiger partial charge in [0.1, 0.15) is 6.04 Å². The summed E-state index contributed by atoms with van der Waals surface area (Å²) < 4.78 is 0. The lowest BCUT2D eigenvalue weighted by Gasteiger charge is -2.31. The predicted molar refractivity (Wildman–Crippen MR) is 57.4 cm³/mol. The van der Waals surface area contributed by atoms with Crippen LogP contribution in [0.5, 0.6) is 0 Å². The van der Waals surface area contributed by atoms with Gasteiger partial charge in [0.25, 0.3) is 0 Å². The Balaban J connectivity index is 2.00. The molecule has 2 fully saturated rings. The Morgan fingerprint density at radius 2 is 2.14 bits per heavy atom. The number of carboxylic acid groups (broad SMARTS) is 1. The second kappa shape index (κ2) is 3.74. The molecule has 0 amide bonds. The fourth-order valence-corrected chi connectivity index (χ4v) is 3.97. The summed E-state index contributed by atoms with van der Waals surface area (Å²) in [6.07, 6.45) is 5.12. The molecule has 4 heteroatoms. The van der Waals surface area contributed by atoms with E-state index in [1.807, 2.05) is 0 Å². The first-order valence-corrected chi connectivity index (χ1v) is 6.25. The molecule has 1 aliphatic heterocycles.